The van der Waals surface area contributed by atoms with E-state index in [0.29, 0.717) is 5.56 Å². The summed E-state index contributed by atoms with van der Waals surface area (Å²) < 4.78 is 15.0. The standard InChI is InChI=1S/C14H13FN2O3/c1-16-8-7-13(19)17(14(16)20)9-6-12(18)10-2-4-11(15)5-3-10/h2-5,7-8H,6,9H2,1H3. The van der Waals surface area contributed by atoms with Crippen LogP contribution in [0, 0.1) is 5.82 Å². The Morgan fingerprint density at radius 3 is 2.45 bits per heavy atom. The maximum absolute atomic E-state index is 12.8. The van der Waals surface area contributed by atoms with Crippen molar-refractivity contribution in [1.82, 2.24) is 9.13 Å². The third-order valence-corrected chi connectivity index (χ3v) is 2.97. The Bertz CT molecular complexity index is 744. The van der Waals surface area contributed by atoms with E-state index < -0.39 is 17.1 Å². The summed E-state index contributed by atoms with van der Waals surface area (Å²) in [5.41, 5.74) is -0.559. The highest BCUT2D eigenvalue weighted by atomic mass is 19.1. The Kier molecular flexibility index (Phi) is 3.93. The third kappa shape index (κ3) is 2.90. The lowest BCUT2D eigenvalue weighted by atomic mass is 10.1. The Morgan fingerprint density at radius 2 is 1.80 bits per heavy atom. The molecule has 2 aromatic rings. The van der Waals surface area contributed by atoms with Gasteiger partial charge >= 0.3 is 5.69 Å². The van der Waals surface area contributed by atoms with Crippen LogP contribution in [0.15, 0.2) is 46.1 Å². The molecule has 0 saturated heterocycles. The molecule has 0 radical (unpaired) electrons. The second-order valence-electron chi connectivity index (χ2n) is 4.38. The van der Waals surface area contributed by atoms with Gasteiger partial charge in [0.2, 0.25) is 0 Å². The Morgan fingerprint density at radius 1 is 1.15 bits per heavy atom. The van der Waals surface area contributed by atoms with Crippen LogP contribution in [0.4, 0.5) is 4.39 Å². The molecule has 104 valence electrons. The normalized spacial score (nSPS) is 10.5. The van der Waals surface area contributed by atoms with E-state index in [1.54, 1.807) is 0 Å². The third-order valence-electron chi connectivity index (χ3n) is 2.97. The first kappa shape index (κ1) is 13.9. The van der Waals surface area contributed by atoms with E-state index in [0.717, 1.165) is 4.57 Å². The van der Waals surface area contributed by atoms with Crippen LogP contribution >= 0.6 is 0 Å². The predicted molar refractivity (Wildman–Crippen MR) is 71.3 cm³/mol. The Labute approximate surface area is 113 Å². The van der Waals surface area contributed by atoms with Gasteiger partial charge in [-0.3, -0.25) is 14.2 Å². The second-order valence-corrected chi connectivity index (χ2v) is 4.38. The average molecular weight is 276 g/mol. The molecule has 1 aromatic heterocycles. The minimum atomic E-state index is -0.468. The molecule has 0 aliphatic rings. The van der Waals surface area contributed by atoms with Crippen LogP contribution in [-0.4, -0.2) is 14.9 Å². The molecule has 1 aromatic carbocycles. The number of rotatable bonds is 4. The average Bonchev–Trinajstić information content (AvgIpc) is 2.43. The molecule has 0 aliphatic carbocycles. The van der Waals surface area contributed by atoms with Gasteiger partial charge in [-0.1, -0.05) is 0 Å². The molecule has 20 heavy (non-hydrogen) atoms. The molecule has 0 aliphatic heterocycles. The summed E-state index contributed by atoms with van der Waals surface area (Å²) in [5.74, 6) is -0.669. The van der Waals surface area contributed by atoms with Gasteiger partial charge in [-0.05, 0) is 24.3 Å². The van der Waals surface area contributed by atoms with Crippen molar-refractivity contribution in [2.75, 3.05) is 0 Å². The van der Waals surface area contributed by atoms with Gasteiger partial charge < -0.3 is 4.57 Å². The molecular weight excluding hydrogens is 263 g/mol. The van der Waals surface area contributed by atoms with E-state index in [1.807, 2.05) is 0 Å². The largest absolute Gasteiger partial charge is 0.330 e. The van der Waals surface area contributed by atoms with Crippen LogP contribution < -0.4 is 11.2 Å². The van der Waals surface area contributed by atoms with Gasteiger partial charge in [0.1, 0.15) is 5.82 Å². The molecule has 0 unspecified atom stereocenters. The molecule has 0 fully saturated rings. The van der Waals surface area contributed by atoms with Crippen molar-refractivity contribution < 1.29 is 9.18 Å². The van der Waals surface area contributed by atoms with Gasteiger partial charge in [0.05, 0.1) is 0 Å². The predicted octanol–water partition coefficient (Wildman–Crippen LogP) is 0.959. The zero-order valence-electron chi connectivity index (χ0n) is 10.9. The van der Waals surface area contributed by atoms with Crippen molar-refractivity contribution in [2.24, 2.45) is 7.05 Å². The van der Waals surface area contributed by atoms with Crippen molar-refractivity contribution in [1.29, 1.82) is 0 Å². The van der Waals surface area contributed by atoms with E-state index in [2.05, 4.69) is 0 Å². The van der Waals surface area contributed by atoms with E-state index >= 15 is 0 Å². The van der Waals surface area contributed by atoms with Crippen molar-refractivity contribution in [2.45, 2.75) is 13.0 Å². The van der Waals surface area contributed by atoms with Gasteiger partial charge in [-0.2, -0.15) is 0 Å². The minimum Gasteiger partial charge on any atom is -0.303 e. The summed E-state index contributed by atoms with van der Waals surface area (Å²) in [6, 6.07) is 6.42. The molecule has 0 amide bonds. The second kappa shape index (κ2) is 5.64. The number of ketones is 1. The fraction of sp³-hybridized carbons (Fsp3) is 0.214. The lowest BCUT2D eigenvalue weighted by Gasteiger charge is -2.06. The van der Waals surface area contributed by atoms with Gasteiger partial charge in [-0.25, -0.2) is 9.18 Å². The highest BCUT2D eigenvalue weighted by Crippen LogP contribution is 2.06. The topological polar surface area (TPSA) is 61.1 Å². The molecule has 0 bridgehead atoms. The summed E-state index contributed by atoms with van der Waals surface area (Å²) in [6.45, 7) is 0.00254. The summed E-state index contributed by atoms with van der Waals surface area (Å²) in [7, 11) is 1.53. The zero-order valence-corrected chi connectivity index (χ0v) is 10.9. The van der Waals surface area contributed by atoms with Crippen LogP contribution in [0.25, 0.3) is 0 Å². The molecule has 0 N–H and O–H groups in total. The number of nitrogens with zero attached hydrogens (tertiary/aromatic N) is 2. The number of Topliss-reactive ketones (excluding diaryl/α,β-unsaturated/α-hetero) is 1. The SMILES string of the molecule is Cn1ccc(=O)n(CCC(=O)c2ccc(F)cc2)c1=O. The van der Waals surface area contributed by atoms with E-state index in [1.165, 1.54) is 48.1 Å². The monoisotopic (exact) mass is 276 g/mol. The van der Waals surface area contributed by atoms with Gasteiger partial charge in [0, 0.05) is 37.8 Å². The maximum Gasteiger partial charge on any atom is 0.330 e. The molecule has 6 heteroatoms. The Balaban J connectivity index is 2.15. The number of aromatic nitrogens is 2. The Hall–Kier alpha value is -2.50. The number of aryl methyl sites for hydroxylation is 1. The summed E-state index contributed by atoms with van der Waals surface area (Å²) in [5, 5.41) is 0. The van der Waals surface area contributed by atoms with Crippen LogP contribution in [0.2, 0.25) is 0 Å². The van der Waals surface area contributed by atoms with Crippen molar-refractivity contribution in [3.63, 3.8) is 0 Å². The van der Waals surface area contributed by atoms with Gasteiger partial charge in [0.15, 0.2) is 5.78 Å². The highest BCUT2D eigenvalue weighted by Gasteiger charge is 2.09. The maximum atomic E-state index is 12.8. The molecular formula is C14H13FN2O3. The fourth-order valence-corrected chi connectivity index (χ4v) is 1.81. The first-order chi connectivity index (χ1) is 9.49. The van der Waals surface area contributed by atoms with Crippen LogP contribution in [0.1, 0.15) is 16.8 Å². The van der Waals surface area contributed by atoms with Crippen molar-refractivity contribution in [3.8, 4) is 0 Å². The van der Waals surface area contributed by atoms with Crippen LogP contribution in [-0.2, 0) is 13.6 Å². The summed E-state index contributed by atoms with van der Waals surface area (Å²) in [6.07, 6.45) is 1.38. The molecule has 0 spiro atoms. The minimum absolute atomic E-state index is 0.00254. The summed E-state index contributed by atoms with van der Waals surface area (Å²) in [4.78, 5) is 35.2. The lowest BCUT2D eigenvalue weighted by Crippen LogP contribution is -2.38. The van der Waals surface area contributed by atoms with Gasteiger partial charge in [-0.15, -0.1) is 0 Å². The zero-order chi connectivity index (χ0) is 14.7. The molecule has 1 heterocycles. The number of hydrogen-bond donors (Lipinski definition) is 0. The number of carbonyl (C=O) groups is 1. The molecule has 2 rings (SSSR count). The number of benzene rings is 1. The van der Waals surface area contributed by atoms with E-state index in [9.17, 15) is 18.8 Å². The first-order valence-electron chi connectivity index (χ1n) is 6.04. The molecule has 0 saturated carbocycles. The molecule has 5 nitrogen and oxygen atoms in total. The number of carbonyl (C=O) groups excluding carboxylic acids is 1. The van der Waals surface area contributed by atoms with Crippen LogP contribution in [0.5, 0.6) is 0 Å². The van der Waals surface area contributed by atoms with E-state index in [-0.39, 0.29) is 18.7 Å². The van der Waals surface area contributed by atoms with Crippen molar-refractivity contribution in [3.05, 3.63) is 68.7 Å². The smallest absolute Gasteiger partial charge is 0.303 e. The first-order valence-corrected chi connectivity index (χ1v) is 6.04. The molecule has 0 atom stereocenters. The lowest BCUT2D eigenvalue weighted by molar-refractivity contribution is 0.0976. The summed E-state index contributed by atoms with van der Waals surface area (Å²) >= 11 is 0. The van der Waals surface area contributed by atoms with Crippen LogP contribution in [0.3, 0.4) is 0 Å². The number of hydrogen-bond acceptors (Lipinski definition) is 3. The van der Waals surface area contributed by atoms with Crippen molar-refractivity contribution >= 4 is 5.78 Å². The van der Waals surface area contributed by atoms with Gasteiger partial charge in [0.25, 0.3) is 5.56 Å². The fourth-order valence-electron chi connectivity index (χ4n) is 1.81. The highest BCUT2D eigenvalue weighted by molar-refractivity contribution is 5.95. The number of halogens is 1. The van der Waals surface area contributed by atoms with E-state index in [4.69, 9.17) is 0 Å². The quantitative estimate of drug-likeness (QED) is 0.781.